The Morgan fingerprint density at radius 1 is 1.07 bits per heavy atom. The van der Waals surface area contributed by atoms with E-state index in [0.29, 0.717) is 12.1 Å². The van der Waals surface area contributed by atoms with Crippen molar-refractivity contribution in [3.05, 3.63) is 83.9 Å². The summed E-state index contributed by atoms with van der Waals surface area (Å²) in [7, 11) is 0. The third kappa shape index (κ3) is 4.65. The number of benzene rings is 2. The Morgan fingerprint density at radius 2 is 1.89 bits per heavy atom. The van der Waals surface area contributed by atoms with Crippen LogP contribution in [0, 0.1) is 0 Å². The number of amides is 1. The molecule has 1 aliphatic rings. The molecular weight excluding hydrogens is 352 g/mol. The van der Waals surface area contributed by atoms with Gasteiger partial charge in [-0.25, -0.2) is 4.98 Å². The van der Waals surface area contributed by atoms with E-state index in [-0.39, 0.29) is 5.91 Å². The highest BCUT2D eigenvalue weighted by molar-refractivity contribution is 5.94. The maximum Gasteiger partial charge on any atom is 0.251 e. The van der Waals surface area contributed by atoms with E-state index in [9.17, 15) is 4.79 Å². The number of morpholine rings is 1. The average Bonchev–Trinajstić information content (AvgIpc) is 3.28. The predicted molar refractivity (Wildman–Crippen MR) is 107 cm³/mol. The molecule has 0 saturated carbocycles. The van der Waals surface area contributed by atoms with Gasteiger partial charge in [-0.3, -0.25) is 9.69 Å². The Balaban J connectivity index is 1.34. The van der Waals surface area contributed by atoms with Crippen molar-refractivity contribution in [3.8, 4) is 5.69 Å². The van der Waals surface area contributed by atoms with Gasteiger partial charge in [0.2, 0.25) is 0 Å². The molecule has 0 spiro atoms. The molecule has 1 aliphatic heterocycles. The second-order valence-corrected chi connectivity index (χ2v) is 6.91. The minimum Gasteiger partial charge on any atom is -0.379 e. The topological polar surface area (TPSA) is 59.4 Å². The van der Waals surface area contributed by atoms with E-state index in [4.69, 9.17) is 4.74 Å². The standard InChI is InChI=1S/C22H24N4O2/c27-22(20-3-1-2-19(14-20)16-25-10-12-28-13-11-25)24-15-18-4-6-21(7-5-18)26-9-8-23-17-26/h1-9,14,17H,10-13,15-16H2,(H,24,27). The molecule has 0 radical (unpaired) electrons. The van der Waals surface area contributed by atoms with Crippen LogP contribution in [0.25, 0.3) is 5.69 Å². The number of carbonyl (C=O) groups is 1. The van der Waals surface area contributed by atoms with E-state index < -0.39 is 0 Å². The van der Waals surface area contributed by atoms with E-state index >= 15 is 0 Å². The third-order valence-electron chi connectivity index (χ3n) is 4.89. The number of ether oxygens (including phenoxy) is 1. The van der Waals surface area contributed by atoms with Crippen molar-refractivity contribution in [3.63, 3.8) is 0 Å². The van der Waals surface area contributed by atoms with Crippen molar-refractivity contribution >= 4 is 5.91 Å². The van der Waals surface area contributed by atoms with Gasteiger partial charge in [0.25, 0.3) is 5.91 Å². The number of carbonyl (C=O) groups excluding carboxylic acids is 1. The van der Waals surface area contributed by atoms with Gasteiger partial charge in [0.1, 0.15) is 0 Å². The number of nitrogens with one attached hydrogen (secondary N) is 1. The van der Waals surface area contributed by atoms with E-state index in [1.54, 1.807) is 12.5 Å². The number of imidazole rings is 1. The van der Waals surface area contributed by atoms with E-state index in [1.807, 2.05) is 53.2 Å². The van der Waals surface area contributed by atoms with E-state index in [2.05, 4.69) is 21.3 Å². The van der Waals surface area contributed by atoms with Crippen molar-refractivity contribution in [2.75, 3.05) is 26.3 Å². The highest BCUT2D eigenvalue weighted by Crippen LogP contribution is 2.12. The number of rotatable bonds is 6. The van der Waals surface area contributed by atoms with Crippen molar-refractivity contribution in [1.82, 2.24) is 19.8 Å². The number of hydrogen-bond acceptors (Lipinski definition) is 4. The van der Waals surface area contributed by atoms with Crippen LogP contribution in [-0.4, -0.2) is 46.7 Å². The summed E-state index contributed by atoms with van der Waals surface area (Å²) < 4.78 is 7.34. The molecule has 1 saturated heterocycles. The highest BCUT2D eigenvalue weighted by atomic mass is 16.5. The van der Waals surface area contributed by atoms with Crippen LogP contribution in [-0.2, 0) is 17.8 Å². The molecule has 1 fully saturated rings. The molecule has 1 aromatic heterocycles. The Hall–Kier alpha value is -2.96. The van der Waals surface area contributed by atoms with Crippen molar-refractivity contribution < 1.29 is 9.53 Å². The van der Waals surface area contributed by atoms with Gasteiger partial charge in [0.05, 0.1) is 19.5 Å². The van der Waals surface area contributed by atoms with Crippen LogP contribution < -0.4 is 5.32 Å². The fourth-order valence-corrected chi connectivity index (χ4v) is 3.31. The van der Waals surface area contributed by atoms with Gasteiger partial charge in [-0.05, 0) is 35.4 Å². The van der Waals surface area contributed by atoms with Gasteiger partial charge in [-0.15, -0.1) is 0 Å². The van der Waals surface area contributed by atoms with Crippen molar-refractivity contribution in [2.24, 2.45) is 0 Å². The Morgan fingerprint density at radius 3 is 2.64 bits per heavy atom. The van der Waals surface area contributed by atoms with E-state index in [1.165, 1.54) is 0 Å². The summed E-state index contributed by atoms with van der Waals surface area (Å²) in [5.74, 6) is -0.0532. The molecule has 0 atom stereocenters. The lowest BCUT2D eigenvalue weighted by Crippen LogP contribution is -2.35. The lowest BCUT2D eigenvalue weighted by atomic mass is 10.1. The van der Waals surface area contributed by atoms with Gasteiger partial charge in [-0.1, -0.05) is 24.3 Å². The van der Waals surface area contributed by atoms with Gasteiger partial charge < -0.3 is 14.6 Å². The number of aromatic nitrogens is 2. The van der Waals surface area contributed by atoms with Gasteiger partial charge in [0.15, 0.2) is 0 Å². The molecule has 28 heavy (non-hydrogen) atoms. The predicted octanol–water partition coefficient (Wildman–Crippen LogP) is 2.63. The third-order valence-corrected chi connectivity index (χ3v) is 4.89. The first-order chi connectivity index (χ1) is 13.8. The molecular formula is C22H24N4O2. The van der Waals surface area contributed by atoms with Crippen LogP contribution in [0.15, 0.2) is 67.3 Å². The fraction of sp³-hybridized carbons (Fsp3) is 0.273. The highest BCUT2D eigenvalue weighted by Gasteiger charge is 2.12. The van der Waals surface area contributed by atoms with Crippen LogP contribution in [0.3, 0.4) is 0 Å². The SMILES string of the molecule is O=C(NCc1ccc(-n2ccnc2)cc1)c1cccc(CN2CCOCC2)c1. The Kier molecular flexibility index (Phi) is 5.80. The molecule has 2 heterocycles. The smallest absolute Gasteiger partial charge is 0.251 e. The van der Waals surface area contributed by atoms with Crippen LogP contribution in [0.5, 0.6) is 0 Å². The molecule has 144 valence electrons. The zero-order valence-corrected chi connectivity index (χ0v) is 15.8. The molecule has 6 nitrogen and oxygen atoms in total. The average molecular weight is 376 g/mol. The second-order valence-electron chi connectivity index (χ2n) is 6.91. The minimum absolute atomic E-state index is 0.0532. The Bertz CT molecular complexity index is 901. The quantitative estimate of drug-likeness (QED) is 0.719. The monoisotopic (exact) mass is 376 g/mol. The van der Waals surface area contributed by atoms with Crippen molar-refractivity contribution in [2.45, 2.75) is 13.1 Å². The molecule has 1 N–H and O–H groups in total. The first-order valence-electron chi connectivity index (χ1n) is 9.52. The minimum atomic E-state index is -0.0532. The molecule has 1 amide bonds. The fourth-order valence-electron chi connectivity index (χ4n) is 3.31. The molecule has 2 aromatic carbocycles. The lowest BCUT2D eigenvalue weighted by molar-refractivity contribution is 0.0342. The van der Waals surface area contributed by atoms with Crippen LogP contribution in [0.1, 0.15) is 21.5 Å². The molecule has 0 bridgehead atoms. The zero-order valence-electron chi connectivity index (χ0n) is 15.8. The number of hydrogen-bond donors (Lipinski definition) is 1. The second kappa shape index (κ2) is 8.82. The zero-order chi connectivity index (χ0) is 19.2. The molecule has 3 aromatic rings. The molecule has 0 aliphatic carbocycles. The number of nitrogens with zero attached hydrogens (tertiary/aromatic N) is 3. The van der Waals surface area contributed by atoms with Gasteiger partial charge in [-0.2, -0.15) is 0 Å². The summed E-state index contributed by atoms with van der Waals surface area (Å²) in [6, 6.07) is 15.9. The van der Waals surface area contributed by atoms with E-state index in [0.717, 1.165) is 49.7 Å². The lowest BCUT2D eigenvalue weighted by Gasteiger charge is -2.26. The summed E-state index contributed by atoms with van der Waals surface area (Å²) in [5.41, 5.74) is 3.95. The molecule has 0 unspecified atom stereocenters. The molecule has 6 heteroatoms. The maximum atomic E-state index is 12.6. The van der Waals surface area contributed by atoms with Gasteiger partial charge >= 0.3 is 0 Å². The maximum absolute atomic E-state index is 12.6. The van der Waals surface area contributed by atoms with Crippen LogP contribution >= 0.6 is 0 Å². The molecule has 4 rings (SSSR count). The summed E-state index contributed by atoms with van der Waals surface area (Å²) in [6.45, 7) is 4.77. The van der Waals surface area contributed by atoms with Gasteiger partial charge in [0, 0.05) is 49.8 Å². The summed E-state index contributed by atoms with van der Waals surface area (Å²) in [5, 5.41) is 3.01. The van der Waals surface area contributed by atoms with Crippen molar-refractivity contribution in [1.29, 1.82) is 0 Å². The van der Waals surface area contributed by atoms with Crippen LogP contribution in [0.2, 0.25) is 0 Å². The Labute approximate surface area is 164 Å². The summed E-state index contributed by atoms with van der Waals surface area (Å²) >= 11 is 0. The van der Waals surface area contributed by atoms with Crippen LogP contribution in [0.4, 0.5) is 0 Å². The first kappa shape index (κ1) is 18.4. The summed E-state index contributed by atoms with van der Waals surface area (Å²) in [4.78, 5) is 19.0. The summed E-state index contributed by atoms with van der Waals surface area (Å²) in [6.07, 6.45) is 5.42. The first-order valence-corrected chi connectivity index (χ1v) is 9.52. The largest absolute Gasteiger partial charge is 0.379 e. The normalized spacial score (nSPS) is 14.7.